The first-order valence-electron chi connectivity index (χ1n) is 9.44. The van der Waals surface area contributed by atoms with Crippen LogP contribution in [0.1, 0.15) is 29.1 Å². The Hall–Kier alpha value is -4.07. The van der Waals surface area contributed by atoms with Crippen molar-refractivity contribution >= 4 is 27.8 Å². The van der Waals surface area contributed by atoms with Gasteiger partial charge in [0.05, 0.1) is 28.3 Å². The minimum Gasteiger partial charge on any atom is -0.343 e. The summed E-state index contributed by atoms with van der Waals surface area (Å²) in [6.07, 6.45) is 1.41. The molecule has 5 rings (SSSR count). The second-order valence-electron chi connectivity index (χ2n) is 7.03. The van der Waals surface area contributed by atoms with Crippen molar-refractivity contribution in [2.45, 2.75) is 13.0 Å². The molecule has 0 radical (unpaired) electrons. The topological polar surface area (TPSA) is 99.3 Å². The molecule has 2 aromatic carbocycles. The van der Waals surface area contributed by atoms with Crippen molar-refractivity contribution in [3.05, 3.63) is 78.1 Å². The smallest absolute Gasteiger partial charge is 0.289 e. The van der Waals surface area contributed by atoms with E-state index < -0.39 is 5.95 Å². The molecule has 30 heavy (non-hydrogen) atoms. The average molecular weight is 400 g/mol. The Morgan fingerprint density at radius 1 is 1.03 bits per heavy atom. The summed E-state index contributed by atoms with van der Waals surface area (Å²) >= 11 is 0. The van der Waals surface area contributed by atoms with Gasteiger partial charge in [0.15, 0.2) is 0 Å². The fraction of sp³-hybridized carbons (Fsp3) is 0.0909. The van der Waals surface area contributed by atoms with E-state index in [1.54, 1.807) is 6.07 Å². The lowest BCUT2D eigenvalue weighted by Gasteiger charge is -2.12. The van der Waals surface area contributed by atoms with Gasteiger partial charge < -0.3 is 10.4 Å². The summed E-state index contributed by atoms with van der Waals surface area (Å²) in [5, 5.41) is 9.85. The minimum atomic E-state index is -0.559. The van der Waals surface area contributed by atoms with E-state index in [0.29, 0.717) is 22.3 Å². The van der Waals surface area contributed by atoms with Crippen LogP contribution in [0.5, 0.6) is 0 Å². The molecule has 0 saturated heterocycles. The largest absolute Gasteiger partial charge is 0.343 e. The lowest BCUT2D eigenvalue weighted by atomic mass is 10.1. The number of benzene rings is 2. The number of aromatic nitrogens is 5. The zero-order chi connectivity index (χ0) is 20.7. The number of carbonyl (C=O) groups is 1. The Balaban J connectivity index is 1.48. The predicted octanol–water partition coefficient (Wildman–Crippen LogP) is 4.13. The second kappa shape index (κ2) is 7.07. The van der Waals surface area contributed by atoms with Crippen molar-refractivity contribution in [3.63, 3.8) is 0 Å². The van der Waals surface area contributed by atoms with Crippen LogP contribution in [0.3, 0.4) is 0 Å². The number of halogens is 1. The zero-order valence-electron chi connectivity index (χ0n) is 16.0. The van der Waals surface area contributed by atoms with Crippen LogP contribution in [-0.4, -0.2) is 31.1 Å². The lowest BCUT2D eigenvalue weighted by Crippen LogP contribution is -2.27. The molecule has 1 atom stereocenters. The van der Waals surface area contributed by atoms with Crippen molar-refractivity contribution in [2.75, 3.05) is 0 Å². The Morgan fingerprint density at radius 2 is 1.80 bits per heavy atom. The van der Waals surface area contributed by atoms with Crippen molar-refractivity contribution in [1.29, 1.82) is 0 Å². The van der Waals surface area contributed by atoms with Crippen molar-refractivity contribution in [2.24, 2.45) is 0 Å². The highest BCUT2D eigenvalue weighted by atomic mass is 19.1. The molecular weight excluding hydrogens is 383 g/mol. The summed E-state index contributed by atoms with van der Waals surface area (Å²) in [4.78, 5) is 25.0. The highest BCUT2D eigenvalue weighted by molar-refractivity contribution is 6.02. The number of H-pyrrole nitrogens is 2. The van der Waals surface area contributed by atoms with Crippen LogP contribution >= 0.6 is 0 Å². The second-order valence-corrected chi connectivity index (χ2v) is 7.03. The van der Waals surface area contributed by atoms with Gasteiger partial charge in [-0.1, -0.05) is 30.3 Å². The Morgan fingerprint density at radius 3 is 2.57 bits per heavy atom. The van der Waals surface area contributed by atoms with E-state index in [9.17, 15) is 9.18 Å². The summed E-state index contributed by atoms with van der Waals surface area (Å²) in [6, 6.07) is 16.2. The molecule has 5 aromatic rings. The van der Waals surface area contributed by atoms with Crippen LogP contribution in [-0.2, 0) is 0 Å². The summed E-state index contributed by atoms with van der Waals surface area (Å²) < 4.78 is 13.5. The number of hydrogen-bond donors (Lipinski definition) is 3. The third kappa shape index (κ3) is 3.18. The normalized spacial score (nSPS) is 12.3. The Labute approximate surface area is 170 Å². The van der Waals surface area contributed by atoms with Crippen molar-refractivity contribution in [1.82, 2.24) is 30.5 Å². The maximum atomic E-state index is 13.5. The van der Waals surface area contributed by atoms with Gasteiger partial charge in [-0.15, -0.1) is 0 Å². The maximum Gasteiger partial charge on any atom is 0.289 e. The molecule has 3 heterocycles. The third-order valence-electron chi connectivity index (χ3n) is 5.02. The van der Waals surface area contributed by atoms with Crippen LogP contribution in [0.2, 0.25) is 0 Å². The molecule has 8 heteroatoms. The number of nitrogens with zero attached hydrogens (tertiary/aromatic N) is 3. The number of aromatic amines is 2. The average Bonchev–Trinajstić information content (AvgIpc) is 3.36. The first-order chi connectivity index (χ1) is 14.6. The number of imidazole rings is 1. The van der Waals surface area contributed by atoms with E-state index in [4.69, 9.17) is 0 Å². The molecule has 0 bridgehead atoms. The fourth-order valence-electron chi connectivity index (χ4n) is 3.49. The Kier molecular flexibility index (Phi) is 4.24. The quantitative estimate of drug-likeness (QED) is 0.395. The van der Waals surface area contributed by atoms with E-state index in [1.165, 1.54) is 12.3 Å². The van der Waals surface area contributed by atoms with Gasteiger partial charge in [-0.2, -0.15) is 4.39 Å². The molecular formula is C22H17FN6O. The van der Waals surface area contributed by atoms with Gasteiger partial charge in [-0.05, 0) is 30.7 Å². The molecule has 0 unspecified atom stereocenters. The molecule has 0 aliphatic rings. The van der Waals surface area contributed by atoms with E-state index in [-0.39, 0.29) is 17.8 Å². The number of nitrogens with one attached hydrogen (secondary N) is 3. The predicted molar refractivity (Wildman–Crippen MR) is 111 cm³/mol. The van der Waals surface area contributed by atoms with Gasteiger partial charge in [0.1, 0.15) is 0 Å². The van der Waals surface area contributed by atoms with Crippen LogP contribution < -0.4 is 5.32 Å². The lowest BCUT2D eigenvalue weighted by molar-refractivity contribution is 0.0930. The highest BCUT2D eigenvalue weighted by Gasteiger charge is 2.18. The first-order valence-corrected chi connectivity index (χ1v) is 9.44. The van der Waals surface area contributed by atoms with Crippen LogP contribution in [0.4, 0.5) is 4.39 Å². The first kappa shape index (κ1) is 18.0. The van der Waals surface area contributed by atoms with Crippen LogP contribution in [0.15, 0.2) is 60.8 Å². The van der Waals surface area contributed by atoms with Gasteiger partial charge >= 0.3 is 0 Å². The minimum absolute atomic E-state index is 0.112. The third-order valence-corrected chi connectivity index (χ3v) is 5.02. The molecule has 3 N–H and O–H groups in total. The molecule has 3 aromatic heterocycles. The fourth-order valence-corrected chi connectivity index (χ4v) is 3.49. The van der Waals surface area contributed by atoms with Gasteiger partial charge in [0, 0.05) is 23.2 Å². The number of amides is 1. The van der Waals surface area contributed by atoms with Crippen LogP contribution in [0.25, 0.3) is 33.2 Å². The van der Waals surface area contributed by atoms with Crippen molar-refractivity contribution < 1.29 is 9.18 Å². The molecule has 7 nitrogen and oxygen atoms in total. The summed E-state index contributed by atoms with van der Waals surface area (Å²) in [5.41, 5.74) is 4.33. The number of hydrogen-bond acceptors (Lipinski definition) is 4. The SMILES string of the molecule is C[C@@H](NC(=O)c1nc2cc3[nH][nH]c(-c4ccnc(F)c4)c3cc2n1)c1ccccc1. The molecule has 1 amide bonds. The van der Waals surface area contributed by atoms with Gasteiger partial charge in [-0.3, -0.25) is 9.89 Å². The van der Waals surface area contributed by atoms with Crippen molar-refractivity contribution in [3.8, 4) is 11.3 Å². The highest BCUT2D eigenvalue weighted by Crippen LogP contribution is 2.29. The molecule has 0 aliphatic heterocycles. The number of pyridine rings is 1. The number of rotatable bonds is 4. The summed E-state index contributed by atoms with van der Waals surface area (Å²) in [7, 11) is 0. The standard InChI is InChI=1S/C22H17FN6O/c1-12(13-5-3-2-4-6-13)25-22(30)21-26-17-10-15-16(11-18(17)27-21)28-29-20(15)14-7-8-24-19(23)9-14/h2-12,28-29H,1H3,(H,25,30)/t12-/m1/s1. The van der Waals surface area contributed by atoms with Gasteiger partial charge in [0.2, 0.25) is 11.8 Å². The molecule has 148 valence electrons. The molecule has 0 fully saturated rings. The van der Waals surface area contributed by atoms with E-state index in [2.05, 4.69) is 30.5 Å². The zero-order valence-corrected chi connectivity index (χ0v) is 16.0. The maximum absolute atomic E-state index is 13.5. The number of carbonyl (C=O) groups excluding carboxylic acids is 1. The monoisotopic (exact) mass is 400 g/mol. The van der Waals surface area contributed by atoms with E-state index in [0.717, 1.165) is 16.5 Å². The number of fused-ring (bicyclic) bond motifs is 2. The Bertz CT molecular complexity index is 1370. The van der Waals surface area contributed by atoms with Crippen LogP contribution in [0, 0.1) is 5.95 Å². The summed E-state index contributed by atoms with van der Waals surface area (Å²) in [6.45, 7) is 1.91. The van der Waals surface area contributed by atoms with E-state index >= 15 is 0 Å². The molecule has 0 saturated carbocycles. The van der Waals surface area contributed by atoms with Gasteiger partial charge in [-0.25, -0.2) is 15.0 Å². The summed E-state index contributed by atoms with van der Waals surface area (Å²) in [5.74, 6) is -0.786. The van der Waals surface area contributed by atoms with E-state index in [1.807, 2.05) is 49.4 Å². The van der Waals surface area contributed by atoms with Gasteiger partial charge in [0.25, 0.3) is 5.91 Å². The molecule has 0 aliphatic carbocycles. The molecule has 0 spiro atoms.